The Morgan fingerprint density at radius 2 is 1.88 bits per heavy atom. The summed E-state index contributed by atoms with van der Waals surface area (Å²) in [6.07, 6.45) is 5.02. The predicted molar refractivity (Wildman–Crippen MR) is 134 cm³/mol. The number of carbonyl (C=O) groups excluding carboxylic acids is 1. The van der Waals surface area contributed by atoms with Crippen LogP contribution in [0.1, 0.15) is 62.5 Å². The van der Waals surface area contributed by atoms with E-state index in [4.69, 9.17) is 0 Å². The second-order valence-corrected chi connectivity index (χ2v) is 12.9. The summed E-state index contributed by atoms with van der Waals surface area (Å²) in [6, 6.07) is 9.42. The Balaban J connectivity index is 1.20. The topological polar surface area (TPSA) is 87.5 Å². The summed E-state index contributed by atoms with van der Waals surface area (Å²) in [6.45, 7) is 6.02. The third-order valence-corrected chi connectivity index (χ3v) is 9.83. The smallest absolute Gasteiger partial charge is 0.272 e. The van der Waals surface area contributed by atoms with Gasteiger partial charge in [0.25, 0.3) is 5.91 Å². The van der Waals surface area contributed by atoms with E-state index in [2.05, 4.69) is 41.1 Å². The van der Waals surface area contributed by atoms with Gasteiger partial charge in [0, 0.05) is 48.7 Å². The van der Waals surface area contributed by atoms with Crippen LogP contribution >= 0.6 is 0 Å². The molecule has 8 nitrogen and oxygen atoms in total. The van der Waals surface area contributed by atoms with Gasteiger partial charge in [-0.25, -0.2) is 8.42 Å². The lowest BCUT2D eigenvalue weighted by atomic mass is 9.97. The molecule has 2 aromatic rings. The maximum absolute atomic E-state index is 13.2. The Morgan fingerprint density at radius 3 is 2.53 bits per heavy atom. The number of carbonyl (C=O) groups is 1. The molecule has 1 aromatic heterocycles. The summed E-state index contributed by atoms with van der Waals surface area (Å²) in [5, 5.41) is 8.87. The van der Waals surface area contributed by atoms with E-state index in [1.807, 2.05) is 28.9 Å². The second-order valence-electron chi connectivity index (χ2n) is 10.7. The molecule has 4 heterocycles. The van der Waals surface area contributed by atoms with Gasteiger partial charge < -0.3 is 10.2 Å². The van der Waals surface area contributed by atoms with Gasteiger partial charge in [0.1, 0.15) is 0 Å². The first-order valence-corrected chi connectivity index (χ1v) is 14.5. The largest absolute Gasteiger partial charge is 0.348 e. The van der Waals surface area contributed by atoms with Gasteiger partial charge in [0.15, 0.2) is 15.5 Å². The molecule has 34 heavy (non-hydrogen) atoms. The summed E-state index contributed by atoms with van der Waals surface area (Å²) in [7, 11) is -0.797. The summed E-state index contributed by atoms with van der Waals surface area (Å²) >= 11 is 0. The number of piperidine rings is 1. The van der Waals surface area contributed by atoms with E-state index in [0.717, 1.165) is 43.3 Å². The second kappa shape index (κ2) is 9.24. The zero-order valence-electron chi connectivity index (χ0n) is 20.5. The molecular weight excluding hydrogens is 450 g/mol. The summed E-state index contributed by atoms with van der Waals surface area (Å²) in [4.78, 5) is 18.1. The van der Waals surface area contributed by atoms with Crippen LogP contribution in [-0.2, 0) is 9.84 Å². The highest BCUT2D eigenvalue weighted by molar-refractivity contribution is 7.91. The molecule has 5 rings (SSSR count). The third-order valence-electron chi connectivity index (χ3n) is 8.08. The van der Waals surface area contributed by atoms with E-state index in [9.17, 15) is 13.2 Å². The number of aromatic nitrogens is 2. The Kier molecular flexibility index (Phi) is 6.46. The van der Waals surface area contributed by atoms with Gasteiger partial charge in [0.2, 0.25) is 0 Å². The quantitative estimate of drug-likeness (QED) is 0.646. The first kappa shape index (κ1) is 23.8. The van der Waals surface area contributed by atoms with E-state index in [1.54, 1.807) is 0 Å². The molecule has 1 N–H and O–H groups in total. The molecular formula is C25H37N5O3S. The Bertz CT molecular complexity index is 1150. The van der Waals surface area contributed by atoms with Crippen LogP contribution in [0.5, 0.6) is 0 Å². The fourth-order valence-corrected chi connectivity index (χ4v) is 8.05. The number of benzene rings is 1. The van der Waals surface area contributed by atoms with E-state index in [0.29, 0.717) is 29.3 Å². The van der Waals surface area contributed by atoms with Crippen LogP contribution in [-0.4, -0.2) is 89.7 Å². The SMILES string of the molecule is CC(C)n1nc(C(=O)N[C@@H]2C[C@H]3CC[C@@H](C2)N3CCN(C)[C@H]2CCS(=O)(=O)C2)c2ccccc21. The van der Waals surface area contributed by atoms with Crippen LogP contribution in [0.4, 0.5) is 0 Å². The molecule has 0 spiro atoms. The number of fused-ring (bicyclic) bond motifs is 3. The molecule has 3 fully saturated rings. The molecule has 186 valence electrons. The van der Waals surface area contributed by atoms with E-state index in [1.165, 1.54) is 12.8 Å². The van der Waals surface area contributed by atoms with Gasteiger partial charge >= 0.3 is 0 Å². The average molecular weight is 488 g/mol. The molecule has 3 aliphatic rings. The molecule has 4 atom stereocenters. The lowest BCUT2D eigenvalue weighted by Crippen LogP contribution is -2.52. The molecule has 0 saturated carbocycles. The lowest BCUT2D eigenvalue weighted by molar-refractivity contribution is 0.0803. The van der Waals surface area contributed by atoms with Crippen molar-refractivity contribution >= 4 is 26.6 Å². The molecule has 0 radical (unpaired) electrons. The van der Waals surface area contributed by atoms with Crippen LogP contribution < -0.4 is 5.32 Å². The standard InChI is InChI=1S/C25H37N5O3S/c1-17(2)30-23-7-5-4-6-22(23)24(27-30)25(31)26-18-14-19-8-9-20(15-18)29(19)12-11-28(3)21-10-13-34(32,33)16-21/h4-7,17-21H,8-16H2,1-3H3,(H,26,31)/t18-,19-,20+,21-/m0/s1. The Labute approximate surface area is 202 Å². The molecule has 0 unspecified atom stereocenters. The number of para-hydroxylation sites is 1. The third kappa shape index (κ3) is 4.62. The molecule has 0 aliphatic carbocycles. The summed E-state index contributed by atoms with van der Waals surface area (Å²) in [5.74, 6) is 0.546. The normalized spacial score (nSPS) is 28.9. The first-order chi connectivity index (χ1) is 16.2. The summed E-state index contributed by atoms with van der Waals surface area (Å²) in [5.41, 5.74) is 1.52. The number of hydrogen-bond donors (Lipinski definition) is 1. The number of amides is 1. The lowest BCUT2D eigenvalue weighted by Gasteiger charge is -2.40. The highest BCUT2D eigenvalue weighted by Crippen LogP contribution is 2.36. The van der Waals surface area contributed by atoms with Gasteiger partial charge in [-0.05, 0) is 59.1 Å². The van der Waals surface area contributed by atoms with Crippen LogP contribution in [0.25, 0.3) is 10.9 Å². The minimum absolute atomic E-state index is 0.0735. The zero-order chi connectivity index (χ0) is 24.0. The Hall–Kier alpha value is -1.97. The fourth-order valence-electron chi connectivity index (χ4n) is 6.24. The summed E-state index contributed by atoms with van der Waals surface area (Å²) < 4.78 is 25.6. The van der Waals surface area contributed by atoms with Gasteiger partial charge in [0.05, 0.1) is 17.0 Å². The van der Waals surface area contributed by atoms with E-state index >= 15 is 0 Å². The van der Waals surface area contributed by atoms with Crippen molar-refractivity contribution in [2.45, 2.75) is 76.2 Å². The number of nitrogens with zero attached hydrogens (tertiary/aromatic N) is 4. The number of rotatable bonds is 7. The van der Waals surface area contributed by atoms with Gasteiger partial charge in [-0.2, -0.15) is 5.10 Å². The molecule has 1 amide bonds. The van der Waals surface area contributed by atoms with Crippen LogP contribution in [0.3, 0.4) is 0 Å². The van der Waals surface area contributed by atoms with Crippen LogP contribution in [0, 0.1) is 0 Å². The molecule has 3 aliphatic heterocycles. The van der Waals surface area contributed by atoms with Crippen molar-refractivity contribution in [1.29, 1.82) is 0 Å². The van der Waals surface area contributed by atoms with Crippen molar-refractivity contribution in [3.05, 3.63) is 30.0 Å². The molecule has 9 heteroatoms. The maximum Gasteiger partial charge on any atom is 0.272 e. The minimum atomic E-state index is -2.85. The first-order valence-electron chi connectivity index (χ1n) is 12.7. The number of likely N-dealkylation sites (N-methyl/N-ethyl adjacent to an activating group) is 1. The number of sulfone groups is 1. The van der Waals surface area contributed by atoms with Gasteiger partial charge in [-0.15, -0.1) is 0 Å². The number of nitrogens with one attached hydrogen (secondary N) is 1. The Morgan fingerprint density at radius 1 is 1.18 bits per heavy atom. The fraction of sp³-hybridized carbons (Fsp3) is 0.680. The highest BCUT2D eigenvalue weighted by atomic mass is 32.2. The van der Waals surface area contributed by atoms with Crippen molar-refractivity contribution in [3.63, 3.8) is 0 Å². The van der Waals surface area contributed by atoms with E-state index in [-0.39, 0.29) is 24.0 Å². The van der Waals surface area contributed by atoms with Crippen molar-refractivity contribution < 1.29 is 13.2 Å². The molecule has 3 saturated heterocycles. The van der Waals surface area contributed by atoms with Crippen LogP contribution in [0.2, 0.25) is 0 Å². The van der Waals surface area contributed by atoms with Crippen molar-refractivity contribution in [1.82, 2.24) is 24.9 Å². The van der Waals surface area contributed by atoms with Gasteiger partial charge in [-0.3, -0.25) is 14.4 Å². The van der Waals surface area contributed by atoms with Gasteiger partial charge in [-0.1, -0.05) is 18.2 Å². The minimum Gasteiger partial charge on any atom is -0.348 e. The number of hydrogen-bond acceptors (Lipinski definition) is 6. The average Bonchev–Trinajstić information content (AvgIpc) is 3.43. The predicted octanol–water partition coefficient (Wildman–Crippen LogP) is 2.46. The van der Waals surface area contributed by atoms with Crippen LogP contribution in [0.15, 0.2) is 24.3 Å². The zero-order valence-corrected chi connectivity index (χ0v) is 21.3. The van der Waals surface area contributed by atoms with Crippen molar-refractivity contribution in [2.75, 3.05) is 31.6 Å². The maximum atomic E-state index is 13.2. The van der Waals surface area contributed by atoms with Crippen molar-refractivity contribution in [3.8, 4) is 0 Å². The highest BCUT2D eigenvalue weighted by Gasteiger charge is 2.41. The molecule has 1 aromatic carbocycles. The van der Waals surface area contributed by atoms with E-state index < -0.39 is 9.84 Å². The molecule has 2 bridgehead atoms. The van der Waals surface area contributed by atoms with Crippen molar-refractivity contribution in [2.24, 2.45) is 0 Å². The monoisotopic (exact) mass is 487 g/mol.